The van der Waals surface area contributed by atoms with Crippen molar-refractivity contribution in [1.82, 2.24) is 4.41 Å². The molecule has 0 aromatic carbocycles. The Hall–Kier alpha value is -1.61. The van der Waals surface area contributed by atoms with E-state index in [0.29, 0.717) is 5.70 Å². The molecule has 0 spiro atoms. The Morgan fingerprint density at radius 3 is 2.75 bits per heavy atom. The normalized spacial score (nSPS) is 23.6. The molecule has 1 aliphatic heterocycles. The van der Waals surface area contributed by atoms with E-state index in [0.717, 1.165) is 21.8 Å². The molecule has 16 heavy (non-hydrogen) atoms. The summed E-state index contributed by atoms with van der Waals surface area (Å²) < 4.78 is 23.9. The van der Waals surface area contributed by atoms with Crippen molar-refractivity contribution in [3.8, 4) is 11.8 Å². The molecule has 0 amide bonds. The molecule has 84 valence electrons. The quantitative estimate of drug-likeness (QED) is 0.644. The molecule has 1 atom stereocenters. The van der Waals surface area contributed by atoms with Gasteiger partial charge in [-0.1, -0.05) is 17.1 Å². The first-order valence-electron chi connectivity index (χ1n) is 4.71. The largest absolute Gasteiger partial charge is 0.252 e. The fourth-order valence-electron chi connectivity index (χ4n) is 1.41. The summed E-state index contributed by atoms with van der Waals surface area (Å²) in [5.41, 5.74) is 2.36. The minimum Gasteiger partial charge on any atom is -0.205 e. The molecule has 0 aromatic rings. The van der Waals surface area contributed by atoms with Crippen molar-refractivity contribution in [2.24, 2.45) is 10.3 Å². The van der Waals surface area contributed by atoms with E-state index in [1.807, 2.05) is 13.8 Å². The molecule has 0 N–H and O–H groups in total. The summed E-state index contributed by atoms with van der Waals surface area (Å²) in [7, 11) is -3.42. The van der Waals surface area contributed by atoms with Crippen LogP contribution in [0.15, 0.2) is 33.3 Å². The van der Waals surface area contributed by atoms with Crippen molar-refractivity contribution in [3.63, 3.8) is 0 Å². The molecular formula is C10H11N3O2S. The van der Waals surface area contributed by atoms with Crippen molar-refractivity contribution in [1.29, 1.82) is 0 Å². The molecular weight excluding hydrogens is 226 g/mol. The van der Waals surface area contributed by atoms with Gasteiger partial charge in [-0.05, 0) is 25.5 Å². The number of hydrogen-bond donors (Lipinski definition) is 0. The van der Waals surface area contributed by atoms with Crippen LogP contribution in [0.25, 0.3) is 0 Å². The van der Waals surface area contributed by atoms with Gasteiger partial charge in [0.25, 0.3) is 10.0 Å². The zero-order valence-corrected chi connectivity index (χ0v) is 10.0. The lowest BCUT2D eigenvalue weighted by molar-refractivity contribution is 0.505. The topological polar surface area (TPSA) is 62.1 Å². The third kappa shape index (κ3) is 1.74. The van der Waals surface area contributed by atoms with E-state index >= 15 is 0 Å². The van der Waals surface area contributed by atoms with Crippen LogP contribution in [0, 0.1) is 11.8 Å². The van der Waals surface area contributed by atoms with Gasteiger partial charge in [-0.3, -0.25) is 0 Å². The van der Waals surface area contributed by atoms with Crippen LogP contribution in [0.5, 0.6) is 0 Å². The van der Waals surface area contributed by atoms with Crippen LogP contribution in [0.1, 0.15) is 13.8 Å². The summed E-state index contributed by atoms with van der Waals surface area (Å²) >= 11 is 0. The Morgan fingerprint density at radius 1 is 1.44 bits per heavy atom. The van der Waals surface area contributed by atoms with Crippen LogP contribution >= 0.6 is 0 Å². The van der Waals surface area contributed by atoms with E-state index in [-0.39, 0.29) is 0 Å². The van der Waals surface area contributed by atoms with Crippen LogP contribution in [-0.4, -0.2) is 25.1 Å². The Morgan fingerprint density at radius 2 is 2.12 bits per heavy atom. The number of nitrogens with zero attached hydrogens (tertiary/aromatic N) is 3. The van der Waals surface area contributed by atoms with E-state index in [9.17, 15) is 8.42 Å². The number of sulfonamides is 1. The third-order valence-electron chi connectivity index (χ3n) is 2.42. The van der Waals surface area contributed by atoms with Crippen molar-refractivity contribution in [2.45, 2.75) is 19.9 Å². The minimum absolute atomic E-state index is 0.470. The second-order valence-corrected chi connectivity index (χ2v) is 5.57. The van der Waals surface area contributed by atoms with Crippen LogP contribution in [0.4, 0.5) is 0 Å². The first kappa shape index (κ1) is 10.9. The maximum absolute atomic E-state index is 11.5. The zero-order valence-electron chi connectivity index (χ0n) is 9.22. The highest BCUT2D eigenvalue weighted by Gasteiger charge is 2.31. The Kier molecular flexibility index (Phi) is 2.35. The fraction of sp³-hybridized carbons (Fsp3) is 0.400. The van der Waals surface area contributed by atoms with Crippen LogP contribution in [-0.2, 0) is 10.0 Å². The second-order valence-electron chi connectivity index (χ2n) is 3.76. The lowest BCUT2D eigenvalue weighted by Crippen LogP contribution is -2.24. The Balaban J connectivity index is 2.53. The van der Waals surface area contributed by atoms with Gasteiger partial charge < -0.3 is 0 Å². The average Bonchev–Trinajstić information content (AvgIpc) is 2.51. The molecule has 6 heteroatoms. The molecule has 1 heterocycles. The predicted octanol–water partition coefficient (Wildman–Crippen LogP) is 1.23. The van der Waals surface area contributed by atoms with Gasteiger partial charge in [-0.15, -0.1) is 9.53 Å². The molecule has 5 nitrogen and oxygen atoms in total. The molecule has 0 saturated heterocycles. The molecule has 1 unspecified atom stereocenters. The predicted molar refractivity (Wildman–Crippen MR) is 59.6 cm³/mol. The molecule has 0 saturated carbocycles. The first-order chi connectivity index (χ1) is 7.39. The molecule has 0 aromatic heterocycles. The van der Waals surface area contributed by atoms with E-state index in [1.165, 1.54) is 0 Å². The maximum Gasteiger partial charge on any atom is 0.252 e. The van der Waals surface area contributed by atoms with Crippen molar-refractivity contribution in [3.05, 3.63) is 22.9 Å². The van der Waals surface area contributed by atoms with Gasteiger partial charge in [-0.25, -0.2) is 8.42 Å². The lowest BCUT2D eigenvalue weighted by atomic mass is 10.1. The lowest BCUT2D eigenvalue weighted by Gasteiger charge is -2.12. The van der Waals surface area contributed by atoms with Gasteiger partial charge in [0, 0.05) is 5.57 Å². The number of fused-ring (bicyclic) bond motifs is 1. The zero-order chi connectivity index (χ0) is 11.9. The number of rotatable bonds is 1. The summed E-state index contributed by atoms with van der Waals surface area (Å²) in [6.45, 7) is 3.78. The standard InChI is InChI=1S/C10H11N3O2S/c1-7-4-5-9-10(6-8(7)2)13(12-11-9)16(3,14)15/h6,9H,1-3H3. The van der Waals surface area contributed by atoms with Gasteiger partial charge in [-0.2, -0.15) is 0 Å². The van der Waals surface area contributed by atoms with E-state index in [4.69, 9.17) is 0 Å². The Labute approximate surface area is 94.6 Å². The highest BCUT2D eigenvalue weighted by atomic mass is 32.2. The van der Waals surface area contributed by atoms with Crippen molar-refractivity contribution in [2.75, 3.05) is 6.26 Å². The Bertz CT molecular complexity index is 587. The van der Waals surface area contributed by atoms with E-state index in [1.54, 1.807) is 6.08 Å². The van der Waals surface area contributed by atoms with Crippen LogP contribution < -0.4 is 0 Å². The van der Waals surface area contributed by atoms with Gasteiger partial charge in [0.05, 0.1) is 12.0 Å². The second kappa shape index (κ2) is 3.46. The maximum atomic E-state index is 11.5. The average molecular weight is 237 g/mol. The smallest absolute Gasteiger partial charge is 0.205 e. The minimum atomic E-state index is -3.42. The summed E-state index contributed by atoms with van der Waals surface area (Å²) in [4.78, 5) is 0. The van der Waals surface area contributed by atoms with Crippen LogP contribution in [0.2, 0.25) is 0 Å². The van der Waals surface area contributed by atoms with E-state index < -0.39 is 16.1 Å². The molecule has 2 aliphatic rings. The van der Waals surface area contributed by atoms with Crippen molar-refractivity contribution < 1.29 is 8.42 Å². The molecule has 0 radical (unpaired) electrons. The monoisotopic (exact) mass is 237 g/mol. The van der Waals surface area contributed by atoms with Crippen LogP contribution in [0.3, 0.4) is 0 Å². The van der Waals surface area contributed by atoms with Gasteiger partial charge in [0.15, 0.2) is 6.04 Å². The molecule has 0 fully saturated rings. The molecule has 2 rings (SSSR count). The van der Waals surface area contributed by atoms with Gasteiger partial charge in [0.1, 0.15) is 0 Å². The highest BCUT2D eigenvalue weighted by molar-refractivity contribution is 7.88. The summed E-state index contributed by atoms with van der Waals surface area (Å²) in [6, 6.07) is -0.470. The van der Waals surface area contributed by atoms with E-state index in [2.05, 4.69) is 22.2 Å². The summed E-state index contributed by atoms with van der Waals surface area (Å²) in [5.74, 6) is 5.82. The molecule has 1 aliphatic carbocycles. The summed E-state index contributed by atoms with van der Waals surface area (Å²) in [5, 5.41) is 7.47. The van der Waals surface area contributed by atoms with Gasteiger partial charge >= 0.3 is 0 Å². The number of hydrogen-bond acceptors (Lipinski definition) is 4. The fourth-order valence-corrected chi connectivity index (χ4v) is 2.12. The number of allylic oxidation sites excluding steroid dienone is 3. The highest BCUT2D eigenvalue weighted by Crippen LogP contribution is 2.27. The molecule has 0 bridgehead atoms. The van der Waals surface area contributed by atoms with Crippen molar-refractivity contribution >= 4 is 10.0 Å². The van der Waals surface area contributed by atoms with Gasteiger partial charge in [0.2, 0.25) is 0 Å². The third-order valence-corrected chi connectivity index (χ3v) is 3.33. The SMILES string of the molecule is CC1=C(C)C=C2C(C#C1)N=NN2S(C)(=O)=O. The summed E-state index contributed by atoms with van der Waals surface area (Å²) in [6.07, 6.45) is 2.85. The first-order valence-corrected chi connectivity index (χ1v) is 6.56.